The number of amides is 1. The van der Waals surface area contributed by atoms with Crippen molar-refractivity contribution in [3.8, 4) is 11.4 Å². The molecule has 7 nitrogen and oxygen atoms in total. The molecule has 0 radical (unpaired) electrons. The summed E-state index contributed by atoms with van der Waals surface area (Å²) in [6, 6.07) is 8.42. The molecule has 0 saturated heterocycles. The molecule has 0 bridgehead atoms. The lowest BCUT2D eigenvalue weighted by atomic mass is 10.3. The minimum absolute atomic E-state index is 0.112. The van der Waals surface area contributed by atoms with E-state index in [9.17, 15) is 13.2 Å². The second-order valence-electron chi connectivity index (χ2n) is 5.71. The fraction of sp³-hybridized carbons (Fsp3) is 0.0588. The van der Waals surface area contributed by atoms with Crippen molar-refractivity contribution in [2.45, 2.75) is 4.90 Å². The number of methoxy groups -OCH3 is 1. The van der Waals surface area contributed by atoms with E-state index in [0.717, 1.165) is 0 Å². The summed E-state index contributed by atoms with van der Waals surface area (Å²) in [5.41, 5.74) is -0.104. The van der Waals surface area contributed by atoms with Gasteiger partial charge in [0.15, 0.2) is 5.69 Å². The molecule has 0 unspecified atom stereocenters. The minimum Gasteiger partial charge on any atom is -0.497 e. The van der Waals surface area contributed by atoms with Gasteiger partial charge in [-0.3, -0.25) is 9.36 Å². The van der Waals surface area contributed by atoms with Crippen LogP contribution in [0.2, 0.25) is 25.5 Å². The van der Waals surface area contributed by atoms with Crippen LogP contribution < -0.4 is 9.46 Å². The topological polar surface area (TPSA) is 90.3 Å². The van der Waals surface area contributed by atoms with Gasteiger partial charge in [-0.2, -0.15) is 0 Å². The van der Waals surface area contributed by atoms with Gasteiger partial charge in [0.05, 0.1) is 17.8 Å². The smallest absolute Gasteiger partial charge is 0.286 e. The summed E-state index contributed by atoms with van der Waals surface area (Å²) in [4.78, 5) is 16.1. The van der Waals surface area contributed by atoms with Gasteiger partial charge < -0.3 is 4.74 Å². The van der Waals surface area contributed by atoms with Crippen molar-refractivity contribution in [3.05, 3.63) is 67.6 Å². The maximum Gasteiger partial charge on any atom is 0.286 e. The molecule has 0 aliphatic carbocycles. The highest BCUT2D eigenvalue weighted by Crippen LogP contribution is 2.31. The van der Waals surface area contributed by atoms with Crippen molar-refractivity contribution in [1.82, 2.24) is 14.3 Å². The number of rotatable bonds is 5. The lowest BCUT2D eigenvalue weighted by Crippen LogP contribution is -2.31. The average Bonchev–Trinajstić information content (AvgIpc) is 2.95. The number of sulfonamides is 1. The number of hydrogen-bond acceptors (Lipinski definition) is 5. The fourth-order valence-electron chi connectivity index (χ4n) is 2.45. The van der Waals surface area contributed by atoms with Crippen molar-refractivity contribution in [2.75, 3.05) is 7.11 Å². The lowest BCUT2D eigenvalue weighted by molar-refractivity contribution is 0.0977. The van der Waals surface area contributed by atoms with Crippen molar-refractivity contribution in [2.24, 2.45) is 0 Å². The van der Waals surface area contributed by atoms with Crippen LogP contribution in [0.5, 0.6) is 5.75 Å². The van der Waals surface area contributed by atoms with E-state index < -0.39 is 21.6 Å². The molecule has 3 aromatic rings. The summed E-state index contributed by atoms with van der Waals surface area (Å²) in [6.45, 7) is 0. The Morgan fingerprint density at radius 1 is 1.03 bits per heavy atom. The summed E-state index contributed by atoms with van der Waals surface area (Å²) in [6.07, 6.45) is 0. The van der Waals surface area contributed by atoms with Gasteiger partial charge in [0, 0.05) is 16.1 Å². The highest BCUT2D eigenvalue weighted by molar-refractivity contribution is 7.90. The Kier molecular flexibility index (Phi) is 6.76. The molecular weight excluding hydrogens is 520 g/mol. The van der Waals surface area contributed by atoms with E-state index >= 15 is 0 Å². The van der Waals surface area contributed by atoms with Gasteiger partial charge in [-0.15, -0.1) is 0 Å². The molecule has 2 aromatic carbocycles. The van der Waals surface area contributed by atoms with Crippen LogP contribution in [0, 0.1) is 0 Å². The number of aromatic nitrogens is 2. The number of carbonyl (C=O) groups excluding carboxylic acids is 1. The van der Waals surface area contributed by atoms with E-state index in [-0.39, 0.29) is 26.1 Å². The molecule has 0 spiro atoms. The third-order valence-corrected chi connectivity index (χ3v) is 6.61. The SMILES string of the molecule is COc1ccc(Cl)c(S(=O)(=O)NC(=O)c2nc(Cl)n(-c3cc(Cl)cc(Cl)c3)c2Cl)c1. The van der Waals surface area contributed by atoms with Crippen LogP contribution in [0.4, 0.5) is 0 Å². The normalized spacial score (nSPS) is 11.4. The van der Waals surface area contributed by atoms with Crippen molar-refractivity contribution in [1.29, 1.82) is 0 Å². The second kappa shape index (κ2) is 8.82. The number of ether oxygens (including phenoxy) is 1. The number of benzene rings is 2. The first kappa shape index (κ1) is 23.0. The molecule has 13 heteroatoms. The van der Waals surface area contributed by atoms with Crippen LogP contribution in [-0.4, -0.2) is 31.0 Å². The van der Waals surface area contributed by atoms with Crippen LogP contribution in [0.15, 0.2) is 41.3 Å². The molecule has 0 atom stereocenters. The number of halogens is 5. The first-order chi connectivity index (χ1) is 14.0. The summed E-state index contributed by atoms with van der Waals surface area (Å²) in [7, 11) is -3.02. The van der Waals surface area contributed by atoms with E-state index in [1.807, 2.05) is 4.72 Å². The standard InChI is InChI=1S/C17H10Cl5N3O4S/c1-29-11-2-3-12(20)13(7-11)30(27,28)24-16(26)14-15(21)25(17(22)23-14)10-5-8(18)4-9(19)6-10/h2-7H,1H3,(H,24,26). The molecule has 0 saturated carbocycles. The van der Waals surface area contributed by atoms with Crippen LogP contribution >= 0.6 is 58.0 Å². The van der Waals surface area contributed by atoms with E-state index in [1.54, 1.807) is 0 Å². The summed E-state index contributed by atoms with van der Waals surface area (Å²) in [5.74, 6) is -0.886. The van der Waals surface area contributed by atoms with Gasteiger partial charge >= 0.3 is 0 Å². The summed E-state index contributed by atoms with van der Waals surface area (Å²) >= 11 is 30.3. The minimum atomic E-state index is -4.37. The molecule has 158 valence electrons. The molecule has 1 heterocycles. The molecular formula is C17H10Cl5N3O4S. The quantitative estimate of drug-likeness (QED) is 0.487. The van der Waals surface area contributed by atoms with Crippen LogP contribution in [0.3, 0.4) is 0 Å². The van der Waals surface area contributed by atoms with E-state index in [0.29, 0.717) is 15.7 Å². The summed E-state index contributed by atoms with van der Waals surface area (Å²) < 4.78 is 33.3. The predicted octanol–water partition coefficient (Wildman–Crippen LogP) is 5.27. The molecule has 0 fully saturated rings. The third kappa shape index (κ3) is 4.64. The zero-order chi connectivity index (χ0) is 22.2. The zero-order valence-electron chi connectivity index (χ0n) is 14.8. The molecule has 3 rings (SSSR count). The number of carbonyl (C=O) groups is 1. The first-order valence-corrected chi connectivity index (χ1v) is 11.2. The van der Waals surface area contributed by atoms with Crippen LogP contribution in [-0.2, 0) is 10.0 Å². The number of nitrogens with one attached hydrogen (secondary N) is 1. The Morgan fingerprint density at radius 3 is 2.27 bits per heavy atom. The Bertz CT molecular complexity index is 1240. The predicted molar refractivity (Wildman–Crippen MR) is 116 cm³/mol. The molecule has 0 aliphatic heterocycles. The number of hydrogen-bond donors (Lipinski definition) is 1. The van der Waals surface area contributed by atoms with E-state index in [2.05, 4.69) is 4.98 Å². The van der Waals surface area contributed by atoms with Crippen molar-refractivity contribution < 1.29 is 17.9 Å². The highest BCUT2D eigenvalue weighted by atomic mass is 35.5. The Balaban J connectivity index is 1.99. The number of imidazole rings is 1. The second-order valence-corrected chi connectivity index (χ2v) is 9.34. The van der Waals surface area contributed by atoms with Gasteiger partial charge in [0.1, 0.15) is 15.8 Å². The zero-order valence-corrected chi connectivity index (χ0v) is 19.4. The largest absolute Gasteiger partial charge is 0.497 e. The molecule has 30 heavy (non-hydrogen) atoms. The van der Waals surface area contributed by atoms with Gasteiger partial charge in [-0.25, -0.2) is 18.1 Å². The lowest BCUT2D eigenvalue weighted by Gasteiger charge is -2.10. The first-order valence-electron chi connectivity index (χ1n) is 7.84. The molecule has 1 amide bonds. The Hall–Kier alpha value is -1.68. The van der Waals surface area contributed by atoms with Gasteiger partial charge in [0.2, 0.25) is 5.28 Å². The molecule has 1 aromatic heterocycles. The van der Waals surface area contributed by atoms with Gasteiger partial charge in [-0.05, 0) is 41.9 Å². The Labute approximate surface area is 196 Å². The van der Waals surface area contributed by atoms with Crippen LogP contribution in [0.25, 0.3) is 5.69 Å². The molecule has 0 aliphatic rings. The van der Waals surface area contributed by atoms with E-state index in [4.69, 9.17) is 62.7 Å². The maximum atomic E-state index is 12.6. The van der Waals surface area contributed by atoms with E-state index in [1.165, 1.54) is 48.1 Å². The average molecular weight is 530 g/mol. The third-order valence-electron chi connectivity index (χ3n) is 3.76. The van der Waals surface area contributed by atoms with Gasteiger partial charge in [0.25, 0.3) is 15.9 Å². The monoisotopic (exact) mass is 527 g/mol. The maximum absolute atomic E-state index is 12.6. The fourth-order valence-corrected chi connectivity index (χ4v) is 5.05. The molecule has 1 N–H and O–H groups in total. The van der Waals surface area contributed by atoms with Crippen molar-refractivity contribution in [3.63, 3.8) is 0 Å². The summed E-state index contributed by atoms with van der Waals surface area (Å²) in [5, 5.41) is 0.0153. The van der Waals surface area contributed by atoms with Gasteiger partial charge in [-0.1, -0.05) is 46.4 Å². The van der Waals surface area contributed by atoms with Crippen LogP contribution in [0.1, 0.15) is 10.5 Å². The van der Waals surface area contributed by atoms with Crippen molar-refractivity contribution >= 4 is 73.9 Å². The highest BCUT2D eigenvalue weighted by Gasteiger charge is 2.27. The number of nitrogens with zero attached hydrogens (tertiary/aromatic N) is 2. The Morgan fingerprint density at radius 2 is 1.67 bits per heavy atom.